The minimum absolute atomic E-state index is 0.136. The number of nitrogens with zero attached hydrogens (tertiary/aromatic N) is 1. The van der Waals surface area contributed by atoms with Gasteiger partial charge in [-0.2, -0.15) is 0 Å². The second kappa shape index (κ2) is 6.48. The highest BCUT2D eigenvalue weighted by Crippen LogP contribution is 2.26. The van der Waals surface area contributed by atoms with E-state index in [4.69, 9.17) is 4.74 Å². The molecule has 5 heteroatoms. The molecule has 2 aliphatic rings. The molecular formula is C17H22N2O3. The molecule has 1 aliphatic heterocycles. The normalized spacial score (nSPS) is 23.1. The highest BCUT2D eigenvalue weighted by Gasteiger charge is 2.40. The molecule has 0 radical (unpaired) electrons. The first-order valence-electron chi connectivity index (χ1n) is 7.96. The molecule has 2 amide bonds. The molecule has 0 bridgehead atoms. The number of methoxy groups -OCH3 is 1. The lowest BCUT2D eigenvalue weighted by molar-refractivity contribution is -0.121. The zero-order valence-electron chi connectivity index (χ0n) is 12.9. The van der Waals surface area contributed by atoms with E-state index >= 15 is 0 Å². The topological polar surface area (TPSA) is 58.6 Å². The highest BCUT2D eigenvalue weighted by molar-refractivity contribution is 6.22. The molecule has 5 nitrogen and oxygen atoms in total. The smallest absolute Gasteiger partial charge is 0.251 e. The van der Waals surface area contributed by atoms with Crippen LogP contribution in [-0.4, -0.2) is 31.0 Å². The van der Waals surface area contributed by atoms with Crippen molar-refractivity contribution in [3.05, 3.63) is 24.3 Å². The van der Waals surface area contributed by atoms with Crippen LogP contribution < -0.4 is 15.0 Å². The van der Waals surface area contributed by atoms with Crippen molar-refractivity contribution in [3.8, 4) is 5.75 Å². The number of carbonyl (C=O) groups is 2. The number of benzene rings is 1. The number of anilines is 1. The second-order valence-corrected chi connectivity index (χ2v) is 6.02. The molecule has 1 aromatic carbocycles. The van der Waals surface area contributed by atoms with Crippen LogP contribution in [0.3, 0.4) is 0 Å². The van der Waals surface area contributed by atoms with Gasteiger partial charge in [0.2, 0.25) is 5.91 Å². The summed E-state index contributed by atoms with van der Waals surface area (Å²) in [5.74, 6) is 0.434. The SMILES string of the molecule is COc1ccc(N2C(=O)CC(NC3CCCCC3)C2=O)cc1. The molecule has 3 rings (SSSR count). The third kappa shape index (κ3) is 2.99. The molecule has 1 unspecified atom stereocenters. The van der Waals surface area contributed by atoms with Crippen LogP contribution in [0.1, 0.15) is 38.5 Å². The van der Waals surface area contributed by atoms with Gasteiger partial charge in [-0.25, -0.2) is 4.90 Å². The lowest BCUT2D eigenvalue weighted by Crippen LogP contribution is -2.44. The fourth-order valence-electron chi connectivity index (χ4n) is 3.32. The number of rotatable bonds is 4. The van der Waals surface area contributed by atoms with Crippen molar-refractivity contribution >= 4 is 17.5 Å². The van der Waals surface area contributed by atoms with E-state index in [1.807, 2.05) is 0 Å². The Morgan fingerprint density at radius 3 is 2.41 bits per heavy atom. The lowest BCUT2D eigenvalue weighted by atomic mass is 9.95. The average Bonchev–Trinajstić information content (AvgIpc) is 2.82. The van der Waals surface area contributed by atoms with Crippen molar-refractivity contribution in [1.29, 1.82) is 0 Å². The summed E-state index contributed by atoms with van der Waals surface area (Å²) in [6.07, 6.45) is 6.12. The number of imide groups is 1. The third-order valence-electron chi connectivity index (χ3n) is 4.52. The molecule has 1 saturated carbocycles. The molecule has 0 aromatic heterocycles. The van der Waals surface area contributed by atoms with Crippen LogP contribution in [0.15, 0.2) is 24.3 Å². The minimum atomic E-state index is -0.377. The number of amides is 2. The largest absolute Gasteiger partial charge is 0.497 e. The summed E-state index contributed by atoms with van der Waals surface area (Å²) in [4.78, 5) is 26.1. The monoisotopic (exact) mass is 302 g/mol. The van der Waals surface area contributed by atoms with Crippen LogP contribution in [0.4, 0.5) is 5.69 Å². The van der Waals surface area contributed by atoms with E-state index in [1.165, 1.54) is 24.2 Å². The van der Waals surface area contributed by atoms with Crippen LogP contribution in [0.2, 0.25) is 0 Å². The molecule has 1 saturated heterocycles. The van der Waals surface area contributed by atoms with Gasteiger partial charge in [0, 0.05) is 6.04 Å². The summed E-state index contributed by atoms with van der Waals surface area (Å²) in [6, 6.07) is 7.01. The first-order chi connectivity index (χ1) is 10.7. The van der Waals surface area contributed by atoms with Gasteiger partial charge in [-0.3, -0.25) is 9.59 Å². The van der Waals surface area contributed by atoms with Crippen molar-refractivity contribution in [1.82, 2.24) is 5.32 Å². The van der Waals surface area contributed by atoms with Gasteiger partial charge in [0.15, 0.2) is 0 Å². The maximum atomic E-state index is 12.6. The summed E-state index contributed by atoms with van der Waals surface area (Å²) in [7, 11) is 1.59. The summed E-state index contributed by atoms with van der Waals surface area (Å²) in [5, 5.41) is 3.38. The molecule has 0 spiro atoms. The van der Waals surface area contributed by atoms with E-state index in [2.05, 4.69) is 5.32 Å². The van der Waals surface area contributed by atoms with Crippen molar-refractivity contribution in [3.63, 3.8) is 0 Å². The predicted molar refractivity (Wildman–Crippen MR) is 83.9 cm³/mol. The number of ether oxygens (including phenoxy) is 1. The second-order valence-electron chi connectivity index (χ2n) is 6.02. The van der Waals surface area contributed by atoms with Gasteiger partial charge in [0.25, 0.3) is 5.91 Å². The summed E-state index contributed by atoms with van der Waals surface area (Å²) < 4.78 is 5.11. The first-order valence-corrected chi connectivity index (χ1v) is 7.96. The summed E-state index contributed by atoms with van der Waals surface area (Å²) in [6.45, 7) is 0. The Kier molecular flexibility index (Phi) is 4.43. The van der Waals surface area contributed by atoms with E-state index in [-0.39, 0.29) is 24.3 Å². The van der Waals surface area contributed by atoms with E-state index < -0.39 is 0 Å². The number of carbonyl (C=O) groups excluding carboxylic acids is 2. The fourth-order valence-corrected chi connectivity index (χ4v) is 3.32. The van der Waals surface area contributed by atoms with Gasteiger partial charge >= 0.3 is 0 Å². The Morgan fingerprint density at radius 1 is 1.09 bits per heavy atom. The summed E-state index contributed by atoms with van der Waals surface area (Å²) in [5.41, 5.74) is 0.615. The summed E-state index contributed by atoms with van der Waals surface area (Å²) >= 11 is 0. The molecule has 1 aliphatic carbocycles. The van der Waals surface area contributed by atoms with Gasteiger partial charge in [-0.15, -0.1) is 0 Å². The Bertz CT molecular complexity index is 550. The first kappa shape index (κ1) is 15.0. The van der Waals surface area contributed by atoms with Crippen LogP contribution in [0.5, 0.6) is 5.75 Å². The number of nitrogens with one attached hydrogen (secondary N) is 1. The number of hydrogen-bond acceptors (Lipinski definition) is 4. The molecule has 1 N–H and O–H groups in total. The standard InChI is InChI=1S/C17H22N2O3/c1-22-14-9-7-13(8-10-14)19-16(20)11-15(17(19)21)18-12-5-3-2-4-6-12/h7-10,12,15,18H,2-6,11H2,1H3. The van der Waals surface area contributed by atoms with E-state index in [9.17, 15) is 9.59 Å². The van der Waals surface area contributed by atoms with Crippen LogP contribution in [0, 0.1) is 0 Å². The van der Waals surface area contributed by atoms with Crippen molar-refractivity contribution in [2.75, 3.05) is 12.0 Å². The quantitative estimate of drug-likeness (QED) is 0.867. The molecular weight excluding hydrogens is 280 g/mol. The number of hydrogen-bond donors (Lipinski definition) is 1. The van der Waals surface area contributed by atoms with Gasteiger partial charge in [0.05, 0.1) is 25.3 Å². The molecule has 1 heterocycles. The maximum Gasteiger partial charge on any atom is 0.251 e. The van der Waals surface area contributed by atoms with Crippen molar-refractivity contribution in [2.45, 2.75) is 50.6 Å². The van der Waals surface area contributed by atoms with E-state index in [0.717, 1.165) is 12.8 Å². The van der Waals surface area contributed by atoms with E-state index in [0.29, 0.717) is 17.5 Å². The highest BCUT2D eigenvalue weighted by atomic mass is 16.5. The fraction of sp³-hybridized carbons (Fsp3) is 0.529. The lowest BCUT2D eigenvalue weighted by Gasteiger charge is -2.25. The van der Waals surface area contributed by atoms with Gasteiger partial charge < -0.3 is 10.1 Å². The van der Waals surface area contributed by atoms with Gasteiger partial charge in [-0.05, 0) is 37.1 Å². The molecule has 1 aromatic rings. The third-order valence-corrected chi connectivity index (χ3v) is 4.52. The predicted octanol–water partition coefficient (Wildman–Crippen LogP) is 2.25. The molecule has 118 valence electrons. The van der Waals surface area contributed by atoms with Crippen LogP contribution in [-0.2, 0) is 9.59 Å². The van der Waals surface area contributed by atoms with Gasteiger partial charge in [0.1, 0.15) is 5.75 Å². The Morgan fingerprint density at radius 2 is 1.77 bits per heavy atom. The minimum Gasteiger partial charge on any atom is -0.497 e. The Labute approximate surface area is 130 Å². The zero-order chi connectivity index (χ0) is 15.5. The van der Waals surface area contributed by atoms with Crippen molar-refractivity contribution in [2.24, 2.45) is 0 Å². The van der Waals surface area contributed by atoms with Crippen molar-refractivity contribution < 1.29 is 14.3 Å². The van der Waals surface area contributed by atoms with Gasteiger partial charge in [-0.1, -0.05) is 19.3 Å². The van der Waals surface area contributed by atoms with E-state index in [1.54, 1.807) is 31.4 Å². The Hall–Kier alpha value is -1.88. The maximum absolute atomic E-state index is 12.6. The zero-order valence-corrected chi connectivity index (χ0v) is 12.9. The molecule has 2 fully saturated rings. The Balaban J connectivity index is 1.70. The molecule has 1 atom stereocenters. The average molecular weight is 302 g/mol. The molecule has 22 heavy (non-hydrogen) atoms. The van der Waals surface area contributed by atoms with Crippen LogP contribution in [0.25, 0.3) is 0 Å². The van der Waals surface area contributed by atoms with Crippen LogP contribution >= 0.6 is 0 Å².